The van der Waals surface area contributed by atoms with Gasteiger partial charge in [0.2, 0.25) is 17.7 Å². The van der Waals surface area contributed by atoms with E-state index >= 15 is 0 Å². The van der Waals surface area contributed by atoms with Crippen LogP contribution < -0.4 is 26.6 Å². The number of carbonyl (C=O) groups is 2. The van der Waals surface area contributed by atoms with Crippen molar-refractivity contribution in [1.82, 2.24) is 19.4 Å². The summed E-state index contributed by atoms with van der Waals surface area (Å²) in [5.41, 5.74) is 0.407. The summed E-state index contributed by atoms with van der Waals surface area (Å²) in [6.07, 6.45) is 1.55. The lowest BCUT2D eigenvalue weighted by Gasteiger charge is -2.25. The minimum Gasteiger partial charge on any atom is -0.481 e. The van der Waals surface area contributed by atoms with Crippen LogP contribution in [-0.4, -0.2) is 38.3 Å². The Kier molecular flexibility index (Phi) is 6.31. The van der Waals surface area contributed by atoms with Gasteiger partial charge in [0.1, 0.15) is 10.7 Å². The molecule has 0 fully saturated rings. The molecule has 2 N–H and O–H groups in total. The Bertz CT molecular complexity index is 1340. The van der Waals surface area contributed by atoms with Crippen molar-refractivity contribution in [3.63, 3.8) is 0 Å². The number of benzene rings is 1. The van der Waals surface area contributed by atoms with Crippen LogP contribution in [0, 0.1) is 0 Å². The smallest absolute Gasteiger partial charge is 0.332 e. The number of methoxy groups -OCH3 is 1. The number of amides is 2. The highest BCUT2D eigenvalue weighted by Gasteiger charge is 2.36. The number of nitrogens with zero attached hydrogens (tertiary/aromatic N) is 3. The zero-order chi connectivity index (χ0) is 23.5. The summed E-state index contributed by atoms with van der Waals surface area (Å²) in [6.45, 7) is 0.231. The van der Waals surface area contributed by atoms with Gasteiger partial charge in [0.05, 0.1) is 13.7 Å². The number of anilines is 1. The predicted molar refractivity (Wildman–Crippen MR) is 122 cm³/mol. The van der Waals surface area contributed by atoms with Gasteiger partial charge >= 0.3 is 5.69 Å². The fourth-order valence-electron chi connectivity index (χ4n) is 3.37. The fourth-order valence-corrected chi connectivity index (χ4v) is 4.47. The first kappa shape index (κ1) is 22.3. The van der Waals surface area contributed by atoms with Crippen LogP contribution >= 0.6 is 11.8 Å². The fraction of sp³-hybridized carbons (Fsp3) is 0.227. The molecule has 33 heavy (non-hydrogen) atoms. The van der Waals surface area contributed by atoms with E-state index in [0.717, 1.165) is 27.5 Å². The highest BCUT2D eigenvalue weighted by Crippen LogP contribution is 2.32. The molecular formula is C22H21N5O5S. The average molecular weight is 468 g/mol. The molecule has 10 nitrogen and oxygen atoms in total. The molecule has 0 radical (unpaired) electrons. The summed E-state index contributed by atoms with van der Waals surface area (Å²) in [5.74, 6) is -0.665. The van der Waals surface area contributed by atoms with Crippen molar-refractivity contribution in [2.75, 3.05) is 12.4 Å². The van der Waals surface area contributed by atoms with E-state index in [-0.39, 0.29) is 23.8 Å². The normalized spacial score (nSPS) is 14.8. The van der Waals surface area contributed by atoms with Gasteiger partial charge in [0, 0.05) is 25.9 Å². The molecule has 1 unspecified atom stereocenters. The van der Waals surface area contributed by atoms with Crippen LogP contribution in [0.2, 0.25) is 0 Å². The van der Waals surface area contributed by atoms with Crippen molar-refractivity contribution in [2.24, 2.45) is 7.05 Å². The summed E-state index contributed by atoms with van der Waals surface area (Å²) >= 11 is 0.836. The lowest BCUT2D eigenvalue weighted by Crippen LogP contribution is -2.48. The summed E-state index contributed by atoms with van der Waals surface area (Å²) in [5, 5.41) is 4.06. The molecule has 170 valence electrons. The van der Waals surface area contributed by atoms with Gasteiger partial charge in [-0.1, -0.05) is 42.1 Å². The molecule has 0 bridgehead atoms. The maximum atomic E-state index is 13.1. The van der Waals surface area contributed by atoms with Gasteiger partial charge in [0.15, 0.2) is 5.25 Å². The third-order valence-corrected chi connectivity index (χ3v) is 6.39. The lowest BCUT2D eigenvalue weighted by molar-refractivity contribution is -0.126. The van der Waals surface area contributed by atoms with Gasteiger partial charge in [-0.25, -0.2) is 9.78 Å². The quantitative estimate of drug-likeness (QED) is 0.512. The number of aromatic nitrogens is 3. The first-order valence-electron chi connectivity index (χ1n) is 10.0. The Morgan fingerprint density at radius 3 is 2.67 bits per heavy atom. The molecule has 3 heterocycles. The van der Waals surface area contributed by atoms with E-state index in [0.29, 0.717) is 5.88 Å². The minimum absolute atomic E-state index is 0.0782. The van der Waals surface area contributed by atoms with Crippen LogP contribution in [-0.2, 0) is 29.7 Å². The van der Waals surface area contributed by atoms with Crippen LogP contribution in [0.1, 0.15) is 11.1 Å². The number of carbonyl (C=O) groups excluding carboxylic acids is 2. The Labute approximate surface area is 192 Å². The number of pyridine rings is 1. The van der Waals surface area contributed by atoms with Crippen LogP contribution in [0.5, 0.6) is 5.88 Å². The first-order chi connectivity index (χ1) is 15.9. The summed E-state index contributed by atoms with van der Waals surface area (Å²) in [4.78, 5) is 55.4. The Morgan fingerprint density at radius 1 is 1.18 bits per heavy atom. The largest absolute Gasteiger partial charge is 0.481 e. The van der Waals surface area contributed by atoms with Crippen molar-refractivity contribution in [3.8, 4) is 5.88 Å². The molecule has 11 heteroatoms. The lowest BCUT2D eigenvalue weighted by atomic mass is 10.2. The highest BCUT2D eigenvalue weighted by molar-refractivity contribution is 8.01. The van der Waals surface area contributed by atoms with E-state index in [1.54, 1.807) is 18.3 Å². The van der Waals surface area contributed by atoms with Crippen molar-refractivity contribution in [1.29, 1.82) is 0 Å². The summed E-state index contributed by atoms with van der Waals surface area (Å²) in [7, 11) is 2.96. The molecule has 1 atom stereocenters. The molecule has 0 spiro atoms. The number of fused-ring (bicyclic) bond motifs is 1. The van der Waals surface area contributed by atoms with E-state index in [1.807, 2.05) is 30.3 Å². The second kappa shape index (κ2) is 9.33. The summed E-state index contributed by atoms with van der Waals surface area (Å²) < 4.78 is 7.37. The Morgan fingerprint density at radius 2 is 1.94 bits per heavy atom. The van der Waals surface area contributed by atoms with Crippen molar-refractivity contribution < 1.29 is 14.3 Å². The predicted octanol–water partition coefficient (Wildman–Crippen LogP) is 0.728. The van der Waals surface area contributed by atoms with Crippen LogP contribution in [0.3, 0.4) is 0 Å². The van der Waals surface area contributed by atoms with Crippen molar-refractivity contribution in [3.05, 3.63) is 80.6 Å². The molecule has 0 aliphatic carbocycles. The average Bonchev–Trinajstić information content (AvgIpc) is 2.84. The molecular weight excluding hydrogens is 446 g/mol. The van der Waals surface area contributed by atoms with Gasteiger partial charge in [-0.05, 0) is 17.2 Å². The van der Waals surface area contributed by atoms with Gasteiger partial charge in [-0.3, -0.25) is 23.5 Å². The maximum absolute atomic E-state index is 13.1. The second-order valence-electron chi connectivity index (χ2n) is 7.31. The standard InChI is InChI=1S/C22H21N5O5S/c1-26-18-16(21(30)27(22(26)31)12-13-6-4-3-5-7-13)33-17(20(29)25-18)19(28)24-11-14-8-9-23-15(10-14)32-2/h3-10,17H,11-12H2,1-2H3,(H,24,28)(H,25,29). The Balaban J connectivity index is 1.59. The van der Waals surface area contributed by atoms with Crippen molar-refractivity contribution in [2.45, 2.75) is 23.2 Å². The zero-order valence-corrected chi connectivity index (χ0v) is 18.7. The molecule has 1 aliphatic rings. The Hall–Kier alpha value is -3.86. The molecule has 4 rings (SSSR count). The van der Waals surface area contributed by atoms with Crippen LogP contribution in [0.4, 0.5) is 5.82 Å². The maximum Gasteiger partial charge on any atom is 0.332 e. The number of nitrogens with one attached hydrogen (secondary N) is 2. The molecule has 3 aromatic rings. The van der Waals surface area contributed by atoms with Crippen molar-refractivity contribution >= 4 is 29.4 Å². The van der Waals surface area contributed by atoms with Gasteiger partial charge in [-0.15, -0.1) is 0 Å². The van der Waals surface area contributed by atoms with Crippen LogP contribution in [0.25, 0.3) is 0 Å². The molecule has 0 saturated carbocycles. The second-order valence-corrected chi connectivity index (χ2v) is 8.42. The van der Waals surface area contributed by atoms with Gasteiger partial charge < -0.3 is 15.4 Å². The van der Waals surface area contributed by atoms with Gasteiger partial charge in [0.25, 0.3) is 5.56 Å². The highest BCUT2D eigenvalue weighted by atomic mass is 32.2. The number of hydrogen-bond donors (Lipinski definition) is 2. The van der Waals surface area contributed by atoms with Gasteiger partial charge in [-0.2, -0.15) is 0 Å². The zero-order valence-electron chi connectivity index (χ0n) is 17.9. The van der Waals surface area contributed by atoms with E-state index < -0.39 is 28.3 Å². The molecule has 2 aromatic heterocycles. The SMILES string of the molecule is COc1cc(CNC(=O)C2Sc3c(n(C)c(=O)n(Cc4ccccc4)c3=O)NC2=O)ccn1. The topological polar surface area (TPSA) is 124 Å². The number of thioether (sulfide) groups is 1. The van der Waals surface area contributed by atoms with Crippen LogP contribution in [0.15, 0.2) is 63.1 Å². The van der Waals surface area contributed by atoms with E-state index in [9.17, 15) is 19.2 Å². The number of rotatable bonds is 6. The summed E-state index contributed by atoms with van der Waals surface area (Å²) in [6, 6.07) is 12.5. The molecule has 0 saturated heterocycles. The number of ether oxygens (including phenoxy) is 1. The van der Waals surface area contributed by atoms with E-state index in [1.165, 1.54) is 18.7 Å². The molecule has 1 aromatic carbocycles. The van der Waals surface area contributed by atoms with E-state index in [2.05, 4.69) is 15.6 Å². The minimum atomic E-state index is -1.18. The monoisotopic (exact) mass is 467 g/mol. The van der Waals surface area contributed by atoms with E-state index in [4.69, 9.17) is 4.74 Å². The third-order valence-electron chi connectivity index (χ3n) is 5.12. The molecule has 1 aliphatic heterocycles. The first-order valence-corrected chi connectivity index (χ1v) is 10.9. The third kappa shape index (κ3) is 4.53. The molecule has 2 amide bonds. The number of hydrogen-bond acceptors (Lipinski definition) is 7.